The molecule has 0 aliphatic heterocycles. The van der Waals surface area contributed by atoms with Crippen LogP contribution < -0.4 is 11.5 Å². The van der Waals surface area contributed by atoms with E-state index in [9.17, 15) is 27.6 Å². The number of halogens is 3. The van der Waals surface area contributed by atoms with E-state index in [2.05, 4.69) is 0 Å². The third kappa shape index (κ3) is 7.42. The molecule has 0 rings (SSSR count). The zero-order chi connectivity index (χ0) is 18.2. The van der Waals surface area contributed by atoms with Gasteiger partial charge in [0.25, 0.3) is 0 Å². The number of carboxylic acids is 1. The molecule has 0 aliphatic rings. The number of hydrogen-bond acceptors (Lipinski definition) is 5. The summed E-state index contributed by atoms with van der Waals surface area (Å²) in [6, 6.07) is -2.16. The zero-order valence-electron chi connectivity index (χ0n) is 12.8. The number of amides is 2. The molecule has 0 spiro atoms. The SMILES string of the molecule is CC(N)CCCC(=O)N(C(=O)C(F)(F)F)C(CCCN)C(=O)O. The van der Waals surface area contributed by atoms with Gasteiger partial charge in [-0.1, -0.05) is 0 Å². The van der Waals surface area contributed by atoms with Crippen molar-refractivity contribution in [3.8, 4) is 0 Å². The van der Waals surface area contributed by atoms with Crippen molar-refractivity contribution < 1.29 is 32.7 Å². The largest absolute Gasteiger partial charge is 0.480 e. The van der Waals surface area contributed by atoms with Crippen LogP contribution in [0.3, 0.4) is 0 Å². The van der Waals surface area contributed by atoms with E-state index >= 15 is 0 Å². The fourth-order valence-electron chi connectivity index (χ4n) is 1.94. The van der Waals surface area contributed by atoms with Gasteiger partial charge in [-0.05, 0) is 39.2 Å². The van der Waals surface area contributed by atoms with Crippen molar-refractivity contribution in [2.24, 2.45) is 11.5 Å². The second-order valence-electron chi connectivity index (χ2n) is 5.22. The Bertz CT molecular complexity index is 427. The number of carboxylic acid groups (broad SMARTS) is 1. The molecule has 2 atom stereocenters. The Hall–Kier alpha value is -1.68. The van der Waals surface area contributed by atoms with Crippen LogP contribution in [0.5, 0.6) is 0 Å². The molecule has 0 saturated carbocycles. The van der Waals surface area contributed by atoms with Crippen LogP contribution in [0.4, 0.5) is 13.2 Å². The summed E-state index contributed by atoms with van der Waals surface area (Å²) in [4.78, 5) is 34.4. The molecule has 0 aromatic carbocycles. The van der Waals surface area contributed by atoms with Crippen LogP contribution in [0.2, 0.25) is 0 Å². The Balaban J connectivity index is 5.31. The maximum atomic E-state index is 12.7. The summed E-state index contributed by atoms with van der Waals surface area (Å²) >= 11 is 0. The number of carbonyl (C=O) groups is 3. The molecule has 0 aliphatic carbocycles. The van der Waals surface area contributed by atoms with Crippen molar-refractivity contribution in [1.82, 2.24) is 4.90 Å². The van der Waals surface area contributed by atoms with E-state index in [1.54, 1.807) is 6.92 Å². The Morgan fingerprint density at radius 1 is 1.17 bits per heavy atom. The Kier molecular flexibility index (Phi) is 8.77. The first kappa shape index (κ1) is 21.3. The van der Waals surface area contributed by atoms with Gasteiger partial charge in [-0.2, -0.15) is 13.2 Å². The maximum absolute atomic E-state index is 12.7. The van der Waals surface area contributed by atoms with Gasteiger partial charge in [0.15, 0.2) is 0 Å². The third-order valence-corrected chi connectivity index (χ3v) is 3.06. The number of hydrogen-bond donors (Lipinski definition) is 3. The first-order chi connectivity index (χ1) is 10.5. The molecule has 0 aromatic rings. The highest BCUT2D eigenvalue weighted by atomic mass is 19.4. The monoisotopic (exact) mass is 341 g/mol. The second kappa shape index (κ2) is 9.46. The molecule has 0 aromatic heterocycles. The van der Waals surface area contributed by atoms with Crippen LogP contribution in [0, 0.1) is 0 Å². The van der Waals surface area contributed by atoms with E-state index in [0.29, 0.717) is 6.42 Å². The fraction of sp³-hybridized carbons (Fsp3) is 0.769. The second-order valence-corrected chi connectivity index (χ2v) is 5.22. The minimum absolute atomic E-state index is 0.0245. The highest BCUT2D eigenvalue weighted by molar-refractivity contribution is 6.01. The normalized spacial score (nSPS) is 14.2. The van der Waals surface area contributed by atoms with Gasteiger partial charge in [0.1, 0.15) is 6.04 Å². The van der Waals surface area contributed by atoms with Gasteiger partial charge in [-0.15, -0.1) is 0 Å². The Morgan fingerprint density at radius 3 is 2.13 bits per heavy atom. The third-order valence-electron chi connectivity index (χ3n) is 3.06. The number of rotatable bonds is 9. The van der Waals surface area contributed by atoms with E-state index in [0.717, 1.165) is 0 Å². The zero-order valence-corrected chi connectivity index (χ0v) is 12.8. The molecule has 23 heavy (non-hydrogen) atoms. The summed E-state index contributed by atoms with van der Waals surface area (Å²) in [5.41, 5.74) is 10.7. The van der Waals surface area contributed by atoms with E-state index in [1.165, 1.54) is 0 Å². The van der Waals surface area contributed by atoms with Crippen LogP contribution in [-0.2, 0) is 14.4 Å². The van der Waals surface area contributed by atoms with Gasteiger partial charge in [0.05, 0.1) is 0 Å². The van der Waals surface area contributed by atoms with Gasteiger partial charge in [-0.25, -0.2) is 4.79 Å². The Labute approximate surface area is 131 Å². The molecule has 10 heteroatoms. The number of nitrogens with two attached hydrogens (primary N) is 2. The van der Waals surface area contributed by atoms with Gasteiger partial charge in [0, 0.05) is 12.5 Å². The van der Waals surface area contributed by atoms with Gasteiger partial charge >= 0.3 is 18.1 Å². The highest BCUT2D eigenvalue weighted by Gasteiger charge is 2.48. The van der Waals surface area contributed by atoms with Crippen LogP contribution in [0.15, 0.2) is 0 Å². The fourth-order valence-corrected chi connectivity index (χ4v) is 1.94. The molecule has 0 bridgehead atoms. The molecule has 2 unspecified atom stereocenters. The first-order valence-electron chi connectivity index (χ1n) is 7.14. The van der Waals surface area contributed by atoms with E-state index < -0.39 is 36.4 Å². The number of alkyl halides is 3. The molecular weight excluding hydrogens is 319 g/mol. The lowest BCUT2D eigenvalue weighted by atomic mass is 10.1. The smallest absolute Gasteiger partial charge is 0.471 e. The molecule has 0 fully saturated rings. The van der Waals surface area contributed by atoms with Gasteiger partial charge in [-0.3, -0.25) is 14.5 Å². The lowest BCUT2D eigenvalue weighted by Gasteiger charge is -2.28. The summed E-state index contributed by atoms with van der Waals surface area (Å²) in [5, 5.41) is 9.07. The predicted molar refractivity (Wildman–Crippen MR) is 75.1 cm³/mol. The summed E-state index contributed by atoms with van der Waals surface area (Å²) in [6.45, 7) is 1.68. The van der Waals surface area contributed by atoms with Gasteiger partial charge in [0.2, 0.25) is 5.91 Å². The minimum atomic E-state index is -5.34. The first-order valence-corrected chi connectivity index (χ1v) is 7.14. The van der Waals surface area contributed by atoms with Crippen molar-refractivity contribution in [2.75, 3.05) is 6.54 Å². The van der Waals surface area contributed by atoms with Crippen molar-refractivity contribution in [3.63, 3.8) is 0 Å². The van der Waals surface area contributed by atoms with Gasteiger partial charge < -0.3 is 16.6 Å². The summed E-state index contributed by atoms with van der Waals surface area (Å²) in [7, 11) is 0. The quantitative estimate of drug-likeness (QED) is 0.564. The van der Waals surface area contributed by atoms with E-state index in [-0.39, 0.29) is 36.7 Å². The predicted octanol–water partition coefficient (Wildman–Crippen LogP) is 0.614. The Morgan fingerprint density at radius 2 is 1.74 bits per heavy atom. The van der Waals surface area contributed by atoms with Crippen molar-refractivity contribution in [1.29, 1.82) is 0 Å². The molecule has 0 heterocycles. The van der Waals surface area contributed by atoms with Crippen LogP contribution >= 0.6 is 0 Å². The maximum Gasteiger partial charge on any atom is 0.471 e. The molecule has 2 amide bonds. The minimum Gasteiger partial charge on any atom is -0.480 e. The number of carbonyl (C=O) groups excluding carboxylic acids is 2. The van der Waals surface area contributed by atoms with Crippen molar-refractivity contribution >= 4 is 17.8 Å². The molecule has 0 saturated heterocycles. The molecule has 7 nitrogen and oxygen atoms in total. The number of imide groups is 1. The van der Waals surface area contributed by atoms with Crippen molar-refractivity contribution in [3.05, 3.63) is 0 Å². The lowest BCUT2D eigenvalue weighted by Crippen LogP contribution is -2.53. The van der Waals surface area contributed by atoms with E-state index in [4.69, 9.17) is 16.6 Å². The van der Waals surface area contributed by atoms with Crippen LogP contribution in [0.25, 0.3) is 0 Å². The molecule has 134 valence electrons. The summed E-state index contributed by atoms with van der Waals surface area (Å²) in [6.07, 6.45) is -5.50. The topological polar surface area (TPSA) is 127 Å². The van der Waals surface area contributed by atoms with Crippen LogP contribution in [0.1, 0.15) is 39.0 Å². The average molecular weight is 341 g/mol. The summed E-state index contributed by atoms with van der Waals surface area (Å²) in [5.74, 6) is -5.35. The van der Waals surface area contributed by atoms with Crippen molar-refractivity contribution in [2.45, 2.75) is 57.3 Å². The standard InChI is InChI=1S/C13H22F3N3O4/c1-8(18)4-2-6-10(20)19(12(23)13(14,15)16)9(11(21)22)5-3-7-17/h8-9H,2-7,17-18H2,1H3,(H,21,22). The molecule has 0 radical (unpaired) electrons. The molecular formula is C13H22F3N3O4. The average Bonchev–Trinajstić information content (AvgIpc) is 2.40. The highest BCUT2D eigenvalue weighted by Crippen LogP contribution is 2.23. The molecule has 5 N–H and O–H groups in total. The summed E-state index contributed by atoms with van der Waals surface area (Å²) < 4.78 is 38.0. The number of aliphatic carboxylic acids is 1. The lowest BCUT2D eigenvalue weighted by molar-refractivity contribution is -0.192. The van der Waals surface area contributed by atoms with Crippen LogP contribution in [-0.4, -0.2) is 52.6 Å². The van der Waals surface area contributed by atoms with E-state index in [1.807, 2.05) is 0 Å². The number of nitrogens with zero attached hydrogens (tertiary/aromatic N) is 1.